The van der Waals surface area contributed by atoms with Crippen molar-refractivity contribution in [1.82, 2.24) is 25.1 Å². The molecule has 0 fully saturated rings. The fourth-order valence-electron chi connectivity index (χ4n) is 3.35. The summed E-state index contributed by atoms with van der Waals surface area (Å²) in [6.45, 7) is 2.89. The van der Waals surface area contributed by atoms with Crippen molar-refractivity contribution in [3.63, 3.8) is 0 Å². The predicted molar refractivity (Wildman–Crippen MR) is 106 cm³/mol. The molecule has 162 valence electrons. The Labute approximate surface area is 178 Å². The molecule has 3 amide bonds. The minimum atomic E-state index is -1.38. The van der Waals surface area contributed by atoms with Gasteiger partial charge in [0.15, 0.2) is 5.82 Å². The van der Waals surface area contributed by atoms with Crippen LogP contribution < -0.4 is 5.32 Å². The number of rotatable bonds is 5. The third-order valence-corrected chi connectivity index (χ3v) is 4.97. The molecule has 4 rings (SSSR count). The van der Waals surface area contributed by atoms with Gasteiger partial charge in [0, 0.05) is 6.07 Å². The van der Waals surface area contributed by atoms with Crippen molar-refractivity contribution in [3.8, 4) is 5.69 Å². The van der Waals surface area contributed by atoms with Crippen LogP contribution in [0.25, 0.3) is 5.69 Å². The molecule has 12 nitrogen and oxygen atoms in total. The third-order valence-electron chi connectivity index (χ3n) is 4.97. The first kappa shape index (κ1) is 20.7. The second-order valence-electron chi connectivity index (χ2n) is 6.90. The molecule has 1 aliphatic rings. The molecule has 0 spiro atoms. The summed E-state index contributed by atoms with van der Waals surface area (Å²) in [5, 5.41) is 24.6. The maximum atomic E-state index is 14.3. The minimum absolute atomic E-state index is 0.175. The molecule has 2 aromatic carbocycles. The van der Waals surface area contributed by atoms with E-state index in [9.17, 15) is 28.9 Å². The van der Waals surface area contributed by atoms with Crippen molar-refractivity contribution in [2.24, 2.45) is 0 Å². The largest absolute Gasteiger partial charge is 0.322 e. The quantitative estimate of drug-likeness (QED) is 0.358. The van der Waals surface area contributed by atoms with Crippen LogP contribution in [0, 0.1) is 22.9 Å². The van der Waals surface area contributed by atoms with E-state index in [1.165, 1.54) is 35.9 Å². The number of benzene rings is 2. The molecule has 1 aromatic heterocycles. The number of carbonyl (C=O) groups is 3. The van der Waals surface area contributed by atoms with E-state index < -0.39 is 40.2 Å². The zero-order valence-corrected chi connectivity index (χ0v) is 16.6. The zero-order valence-electron chi connectivity index (χ0n) is 16.6. The Morgan fingerprint density at radius 1 is 1.22 bits per heavy atom. The molecule has 1 unspecified atom stereocenters. The molecule has 0 saturated carbocycles. The summed E-state index contributed by atoms with van der Waals surface area (Å²) in [4.78, 5) is 49.3. The first-order valence-corrected chi connectivity index (χ1v) is 9.21. The first-order valence-electron chi connectivity index (χ1n) is 9.21. The summed E-state index contributed by atoms with van der Waals surface area (Å²) >= 11 is 0. The van der Waals surface area contributed by atoms with E-state index in [4.69, 9.17) is 0 Å². The van der Waals surface area contributed by atoms with Crippen LogP contribution in [-0.4, -0.2) is 53.8 Å². The van der Waals surface area contributed by atoms with Gasteiger partial charge in [-0.05, 0) is 48.5 Å². The lowest BCUT2D eigenvalue weighted by atomic mass is 10.1. The number of nitrogens with zero attached hydrogens (tertiary/aromatic N) is 6. The molecular formula is C19H14FN7O5. The van der Waals surface area contributed by atoms with Gasteiger partial charge in [-0.15, -0.1) is 5.10 Å². The van der Waals surface area contributed by atoms with Crippen LogP contribution in [-0.2, 0) is 4.79 Å². The van der Waals surface area contributed by atoms with E-state index in [0.717, 1.165) is 12.1 Å². The number of nitro benzene ring substituents is 1. The van der Waals surface area contributed by atoms with Gasteiger partial charge in [0.2, 0.25) is 5.91 Å². The van der Waals surface area contributed by atoms with Crippen LogP contribution in [0.3, 0.4) is 0 Å². The van der Waals surface area contributed by atoms with Crippen molar-refractivity contribution in [3.05, 3.63) is 69.3 Å². The second kappa shape index (κ2) is 7.61. The van der Waals surface area contributed by atoms with Gasteiger partial charge < -0.3 is 5.32 Å². The minimum Gasteiger partial charge on any atom is -0.322 e. The molecule has 0 aliphatic carbocycles. The molecule has 13 heteroatoms. The summed E-state index contributed by atoms with van der Waals surface area (Å²) in [6, 6.07) is 6.06. The maximum Gasteiger partial charge on any atom is 0.282 e. The third kappa shape index (κ3) is 3.25. The van der Waals surface area contributed by atoms with Gasteiger partial charge in [0.25, 0.3) is 17.5 Å². The van der Waals surface area contributed by atoms with E-state index in [2.05, 4.69) is 20.8 Å². The van der Waals surface area contributed by atoms with Gasteiger partial charge in [0.1, 0.15) is 17.4 Å². The highest BCUT2D eigenvalue weighted by Gasteiger charge is 2.44. The number of carbonyl (C=O) groups excluding carboxylic acids is 3. The number of anilines is 1. The highest BCUT2D eigenvalue weighted by molar-refractivity contribution is 6.24. The molecule has 0 saturated heterocycles. The van der Waals surface area contributed by atoms with Crippen LogP contribution >= 0.6 is 0 Å². The van der Waals surface area contributed by atoms with Gasteiger partial charge >= 0.3 is 0 Å². The molecule has 1 atom stereocenters. The number of nitro groups is 1. The highest BCUT2D eigenvalue weighted by Crippen LogP contribution is 2.32. The van der Waals surface area contributed by atoms with Crippen molar-refractivity contribution in [2.45, 2.75) is 19.9 Å². The zero-order chi connectivity index (χ0) is 23.2. The Morgan fingerprint density at radius 2 is 1.97 bits per heavy atom. The van der Waals surface area contributed by atoms with E-state index in [0.29, 0.717) is 16.4 Å². The Balaban J connectivity index is 1.61. The number of halogens is 1. The van der Waals surface area contributed by atoms with Gasteiger partial charge in [-0.1, -0.05) is 6.07 Å². The summed E-state index contributed by atoms with van der Waals surface area (Å²) in [6.07, 6.45) is 0. The molecule has 0 bridgehead atoms. The van der Waals surface area contributed by atoms with E-state index in [-0.39, 0.29) is 16.8 Å². The van der Waals surface area contributed by atoms with Crippen LogP contribution in [0.15, 0.2) is 36.4 Å². The smallest absolute Gasteiger partial charge is 0.282 e. The Kier molecular flexibility index (Phi) is 4.92. The summed E-state index contributed by atoms with van der Waals surface area (Å²) in [7, 11) is 0. The number of imide groups is 1. The fourth-order valence-corrected chi connectivity index (χ4v) is 3.35. The van der Waals surface area contributed by atoms with Crippen LogP contribution in [0.5, 0.6) is 0 Å². The van der Waals surface area contributed by atoms with Crippen molar-refractivity contribution in [1.29, 1.82) is 0 Å². The molecule has 1 aliphatic heterocycles. The predicted octanol–water partition coefficient (Wildman–Crippen LogP) is 1.64. The Morgan fingerprint density at radius 3 is 2.62 bits per heavy atom. The molecular weight excluding hydrogens is 425 g/mol. The second-order valence-corrected chi connectivity index (χ2v) is 6.90. The van der Waals surface area contributed by atoms with Crippen LogP contribution in [0.4, 0.5) is 15.8 Å². The lowest BCUT2D eigenvalue weighted by Gasteiger charge is -2.22. The van der Waals surface area contributed by atoms with E-state index in [1.807, 2.05) is 0 Å². The molecule has 0 radical (unpaired) electrons. The fraction of sp³-hybridized carbons (Fsp3) is 0.158. The number of amides is 3. The number of hydrogen-bond acceptors (Lipinski definition) is 8. The average molecular weight is 439 g/mol. The van der Waals surface area contributed by atoms with Crippen molar-refractivity contribution < 1.29 is 23.7 Å². The monoisotopic (exact) mass is 439 g/mol. The van der Waals surface area contributed by atoms with Gasteiger partial charge in [-0.2, -0.15) is 4.68 Å². The van der Waals surface area contributed by atoms with Crippen molar-refractivity contribution in [2.75, 3.05) is 5.32 Å². The summed E-state index contributed by atoms with van der Waals surface area (Å²) in [5.41, 5.74) is -0.952. The maximum absolute atomic E-state index is 14.3. The molecule has 3 aromatic rings. The van der Waals surface area contributed by atoms with Gasteiger partial charge in [-0.25, -0.2) is 4.39 Å². The van der Waals surface area contributed by atoms with Gasteiger partial charge in [-0.3, -0.25) is 29.4 Å². The normalized spacial score (nSPS) is 13.8. The number of fused-ring (bicyclic) bond motifs is 1. The van der Waals surface area contributed by atoms with Crippen molar-refractivity contribution >= 4 is 29.1 Å². The lowest BCUT2D eigenvalue weighted by Crippen LogP contribution is -2.45. The highest BCUT2D eigenvalue weighted by atomic mass is 19.1. The molecule has 1 N–H and O–H groups in total. The number of hydrogen-bond donors (Lipinski definition) is 1. The van der Waals surface area contributed by atoms with Gasteiger partial charge in [0.05, 0.1) is 21.9 Å². The summed E-state index contributed by atoms with van der Waals surface area (Å²) < 4.78 is 15.6. The first-order chi connectivity index (χ1) is 15.2. The van der Waals surface area contributed by atoms with E-state index >= 15 is 0 Å². The number of aromatic nitrogens is 4. The lowest BCUT2D eigenvalue weighted by molar-refractivity contribution is -0.385. The molecule has 2 heterocycles. The molecule has 32 heavy (non-hydrogen) atoms. The Hall–Kier alpha value is -4.55. The standard InChI is InChI=1S/C19H14FN7O5/c1-9(25-18(29)12-4-3-5-15(27(31)32)16(12)19(25)30)17(28)21-14-8-11(6-7-13(14)20)26-10(2)22-23-24-26/h3-9H,1-2H3,(H,21,28). The number of nitrogens with one attached hydrogen (secondary N) is 1. The topological polar surface area (TPSA) is 153 Å². The summed E-state index contributed by atoms with van der Waals surface area (Å²) in [5.74, 6) is -3.03. The van der Waals surface area contributed by atoms with Crippen LogP contribution in [0.2, 0.25) is 0 Å². The Bertz CT molecular complexity index is 1300. The number of tetrazole rings is 1. The van der Waals surface area contributed by atoms with E-state index in [1.54, 1.807) is 6.92 Å². The SMILES string of the molecule is Cc1nnnn1-c1ccc(F)c(NC(=O)C(C)N2C(=O)c3cccc([N+](=O)[O-])c3C2=O)c1. The number of aryl methyl sites for hydroxylation is 1. The average Bonchev–Trinajstić information content (AvgIpc) is 3.30. The van der Waals surface area contributed by atoms with Crippen LogP contribution in [0.1, 0.15) is 33.5 Å².